The van der Waals surface area contributed by atoms with Crippen LogP contribution < -0.4 is 0 Å². The van der Waals surface area contributed by atoms with Crippen molar-refractivity contribution in [1.82, 2.24) is 0 Å². The molecular weight excluding hydrogens is 285 g/mol. The van der Waals surface area contributed by atoms with Crippen LogP contribution in [0, 0.1) is 11.8 Å². The second-order valence-corrected chi connectivity index (χ2v) is 4.22. The van der Waals surface area contributed by atoms with Crippen molar-refractivity contribution < 1.29 is 27.8 Å². The van der Waals surface area contributed by atoms with E-state index in [0.717, 1.165) is 5.56 Å². The minimum absolute atomic E-state index is 0.0851. The molecule has 0 saturated heterocycles. The van der Waals surface area contributed by atoms with Gasteiger partial charge in [0.1, 0.15) is 0 Å². The summed E-state index contributed by atoms with van der Waals surface area (Å²) >= 11 is 0. The van der Waals surface area contributed by atoms with Gasteiger partial charge in [-0.25, -0.2) is 4.79 Å². The molecule has 1 rings (SSSR count). The molecule has 21 heavy (non-hydrogen) atoms. The molecule has 0 radical (unpaired) electrons. The second kappa shape index (κ2) is 7.14. The maximum atomic E-state index is 12.8. The van der Waals surface area contributed by atoms with E-state index in [1.807, 2.05) is 18.2 Å². The highest BCUT2D eigenvalue weighted by Crippen LogP contribution is 2.31. The maximum absolute atomic E-state index is 12.8. The molecule has 0 bridgehead atoms. The first kappa shape index (κ1) is 17.1. The number of esters is 1. The Hall–Kier alpha value is -2.00. The van der Waals surface area contributed by atoms with Crippen LogP contribution >= 0.6 is 0 Å². The molecule has 0 aliphatic carbocycles. The van der Waals surface area contributed by atoms with E-state index in [1.165, 1.54) is 6.92 Å². The molecule has 6 heteroatoms. The number of halogens is 3. The maximum Gasteiger partial charge on any atom is 0.440 e. The number of aryl methyl sites for hydroxylation is 1. The van der Waals surface area contributed by atoms with Gasteiger partial charge in [-0.05, 0) is 24.8 Å². The smallest absolute Gasteiger partial charge is 0.440 e. The Morgan fingerprint density at radius 3 is 2.43 bits per heavy atom. The van der Waals surface area contributed by atoms with Crippen LogP contribution in [0.5, 0.6) is 0 Å². The Labute approximate surface area is 120 Å². The summed E-state index contributed by atoms with van der Waals surface area (Å²) in [5.74, 6) is 2.00. The number of aliphatic hydroxyl groups is 1. The number of ether oxygens (including phenoxy) is 1. The molecule has 0 fully saturated rings. The summed E-state index contributed by atoms with van der Waals surface area (Å²) in [6, 6.07) is 9.03. The summed E-state index contributed by atoms with van der Waals surface area (Å²) in [7, 11) is 0. The average Bonchev–Trinajstić information content (AvgIpc) is 2.43. The number of carbonyl (C=O) groups excluding carboxylic acids is 1. The molecule has 0 aliphatic rings. The van der Waals surface area contributed by atoms with Gasteiger partial charge in [0.2, 0.25) is 0 Å². The molecule has 114 valence electrons. The molecule has 0 aliphatic heterocycles. The van der Waals surface area contributed by atoms with Crippen molar-refractivity contribution in [2.45, 2.75) is 31.5 Å². The van der Waals surface area contributed by atoms with Gasteiger partial charge in [-0.15, -0.1) is 0 Å². The molecule has 3 nitrogen and oxygen atoms in total. The van der Waals surface area contributed by atoms with Crippen molar-refractivity contribution in [2.24, 2.45) is 0 Å². The minimum Gasteiger partial charge on any atom is -0.463 e. The van der Waals surface area contributed by atoms with Crippen LogP contribution in [0.4, 0.5) is 13.2 Å². The van der Waals surface area contributed by atoms with Crippen LogP contribution in [0.1, 0.15) is 18.9 Å². The number of hydrogen-bond acceptors (Lipinski definition) is 3. The molecule has 1 aromatic rings. The van der Waals surface area contributed by atoms with Crippen molar-refractivity contribution in [2.75, 3.05) is 6.61 Å². The number of hydrogen-bond donors (Lipinski definition) is 1. The van der Waals surface area contributed by atoms with Crippen LogP contribution in [-0.4, -0.2) is 29.5 Å². The summed E-state index contributed by atoms with van der Waals surface area (Å²) in [6.07, 6.45) is -4.70. The monoisotopic (exact) mass is 300 g/mol. The predicted octanol–water partition coefficient (Wildman–Crippen LogP) is 2.48. The zero-order chi connectivity index (χ0) is 15.9. The van der Waals surface area contributed by atoms with Gasteiger partial charge in [0.05, 0.1) is 6.61 Å². The third kappa shape index (κ3) is 4.50. The number of rotatable bonds is 4. The quantitative estimate of drug-likeness (QED) is 0.686. The standard InChI is InChI=1S/C15H15F3O3/c1-2-21-13(19)14(20,15(16,17)18)11-7-6-10-12-8-4-3-5-9-12/h3-5,8-9,20H,2,6,10H2,1H3/t14-/m0/s1. The highest BCUT2D eigenvalue weighted by atomic mass is 19.4. The van der Waals surface area contributed by atoms with Gasteiger partial charge in [-0.3, -0.25) is 0 Å². The Kier molecular flexibility index (Phi) is 5.79. The lowest BCUT2D eigenvalue weighted by molar-refractivity contribution is -0.242. The summed E-state index contributed by atoms with van der Waals surface area (Å²) in [6.45, 7) is 1.07. The Morgan fingerprint density at radius 1 is 1.29 bits per heavy atom. The first-order valence-corrected chi connectivity index (χ1v) is 6.31. The van der Waals surface area contributed by atoms with E-state index >= 15 is 0 Å². The number of carbonyl (C=O) groups is 1. The first-order valence-electron chi connectivity index (χ1n) is 6.31. The largest absolute Gasteiger partial charge is 0.463 e. The summed E-state index contributed by atoms with van der Waals surface area (Å²) in [5.41, 5.74) is -2.88. The average molecular weight is 300 g/mol. The SMILES string of the molecule is CCOC(=O)[C@@](O)(C#CCCc1ccccc1)C(F)(F)F. The molecular formula is C15H15F3O3. The van der Waals surface area contributed by atoms with Crippen LogP contribution in [0.25, 0.3) is 0 Å². The zero-order valence-corrected chi connectivity index (χ0v) is 11.4. The summed E-state index contributed by atoms with van der Waals surface area (Å²) in [5, 5.41) is 9.47. The van der Waals surface area contributed by atoms with Gasteiger partial charge >= 0.3 is 17.7 Å². The highest BCUT2D eigenvalue weighted by Gasteiger charge is 2.60. The van der Waals surface area contributed by atoms with E-state index in [9.17, 15) is 23.1 Å². The van der Waals surface area contributed by atoms with Crippen molar-refractivity contribution in [3.63, 3.8) is 0 Å². The van der Waals surface area contributed by atoms with Crippen molar-refractivity contribution >= 4 is 5.97 Å². The van der Waals surface area contributed by atoms with Gasteiger partial charge < -0.3 is 9.84 Å². The van der Waals surface area contributed by atoms with E-state index in [1.54, 1.807) is 18.1 Å². The summed E-state index contributed by atoms with van der Waals surface area (Å²) < 4.78 is 42.6. The fraction of sp³-hybridized carbons (Fsp3) is 0.400. The van der Waals surface area contributed by atoms with E-state index < -0.39 is 17.7 Å². The molecule has 0 heterocycles. The lowest BCUT2D eigenvalue weighted by Crippen LogP contribution is -2.52. The van der Waals surface area contributed by atoms with Gasteiger partial charge in [0.25, 0.3) is 0 Å². The highest BCUT2D eigenvalue weighted by molar-refractivity contribution is 5.84. The van der Waals surface area contributed by atoms with Gasteiger partial charge in [0.15, 0.2) is 0 Å². The normalized spacial score (nSPS) is 13.8. The lowest BCUT2D eigenvalue weighted by atomic mass is 10.0. The van der Waals surface area contributed by atoms with Crippen LogP contribution in [0.15, 0.2) is 30.3 Å². The molecule has 0 unspecified atom stereocenters. The van der Waals surface area contributed by atoms with E-state index in [-0.39, 0.29) is 13.0 Å². The van der Waals surface area contributed by atoms with Crippen molar-refractivity contribution in [1.29, 1.82) is 0 Å². The van der Waals surface area contributed by atoms with E-state index in [4.69, 9.17) is 0 Å². The lowest BCUT2D eigenvalue weighted by Gasteiger charge is -2.22. The molecule has 1 atom stereocenters. The van der Waals surface area contributed by atoms with E-state index in [0.29, 0.717) is 6.42 Å². The Bertz CT molecular complexity index is 529. The van der Waals surface area contributed by atoms with E-state index in [2.05, 4.69) is 10.7 Å². The van der Waals surface area contributed by atoms with Crippen LogP contribution in [0.2, 0.25) is 0 Å². The van der Waals surface area contributed by atoms with Gasteiger partial charge in [0, 0.05) is 6.42 Å². The fourth-order valence-electron chi connectivity index (χ4n) is 1.52. The van der Waals surface area contributed by atoms with Crippen molar-refractivity contribution in [3.8, 4) is 11.8 Å². The molecule has 0 saturated carbocycles. The minimum atomic E-state index is -5.21. The number of alkyl halides is 3. The third-order valence-corrected chi connectivity index (χ3v) is 2.63. The first-order chi connectivity index (χ1) is 9.81. The van der Waals surface area contributed by atoms with Gasteiger partial charge in [-0.1, -0.05) is 36.3 Å². The predicted molar refractivity (Wildman–Crippen MR) is 70.2 cm³/mol. The molecule has 1 aromatic carbocycles. The molecule has 0 amide bonds. The van der Waals surface area contributed by atoms with Gasteiger partial charge in [-0.2, -0.15) is 13.2 Å². The van der Waals surface area contributed by atoms with Crippen LogP contribution in [-0.2, 0) is 16.0 Å². The molecule has 0 aromatic heterocycles. The third-order valence-electron chi connectivity index (χ3n) is 2.63. The van der Waals surface area contributed by atoms with Crippen LogP contribution in [0.3, 0.4) is 0 Å². The number of benzene rings is 1. The molecule has 1 N–H and O–H groups in total. The zero-order valence-electron chi connectivity index (χ0n) is 11.4. The fourth-order valence-corrected chi connectivity index (χ4v) is 1.52. The molecule has 0 spiro atoms. The Morgan fingerprint density at radius 2 is 1.90 bits per heavy atom. The summed E-state index contributed by atoms with van der Waals surface area (Å²) in [4.78, 5) is 11.3. The topological polar surface area (TPSA) is 46.5 Å². The second-order valence-electron chi connectivity index (χ2n) is 4.22. The van der Waals surface area contributed by atoms with Crippen molar-refractivity contribution in [3.05, 3.63) is 35.9 Å². The Balaban J connectivity index is 2.79.